The number of hydrogen-bond acceptors (Lipinski definition) is 5. The summed E-state index contributed by atoms with van der Waals surface area (Å²) in [5.41, 5.74) is 3.81. The van der Waals surface area contributed by atoms with E-state index < -0.39 is 6.10 Å². The van der Waals surface area contributed by atoms with Crippen LogP contribution in [0.1, 0.15) is 24.5 Å². The summed E-state index contributed by atoms with van der Waals surface area (Å²) >= 11 is 6.00. The fourth-order valence-corrected chi connectivity index (χ4v) is 3.23. The van der Waals surface area contributed by atoms with Crippen molar-refractivity contribution < 1.29 is 13.9 Å². The van der Waals surface area contributed by atoms with Crippen LogP contribution in [0.2, 0.25) is 5.02 Å². The van der Waals surface area contributed by atoms with Gasteiger partial charge in [-0.15, -0.1) is 10.2 Å². The molecule has 150 valence electrons. The second kappa shape index (κ2) is 8.93. The summed E-state index contributed by atoms with van der Waals surface area (Å²) in [6.45, 7) is 1.70. The lowest BCUT2D eigenvalue weighted by atomic mass is 10.0. The Morgan fingerprint density at radius 1 is 0.933 bits per heavy atom. The first-order valence-corrected chi connectivity index (χ1v) is 9.89. The SMILES string of the molecule is C[C@@H](OC(=O)Cc1ccc(-c2ccccc2)cc1)c1nnc(-c2cccc(Cl)c2)o1. The predicted octanol–water partition coefficient (Wildman–Crippen LogP) is 5.90. The minimum Gasteiger partial charge on any atom is -0.452 e. The number of nitrogens with zero attached hydrogens (tertiary/aromatic N) is 2. The second-order valence-corrected chi connectivity index (χ2v) is 7.26. The van der Waals surface area contributed by atoms with Crippen LogP contribution >= 0.6 is 11.6 Å². The van der Waals surface area contributed by atoms with Crippen molar-refractivity contribution in [3.05, 3.63) is 95.3 Å². The molecule has 0 radical (unpaired) electrons. The number of esters is 1. The highest BCUT2D eigenvalue weighted by Crippen LogP contribution is 2.25. The quantitative estimate of drug-likeness (QED) is 0.364. The predicted molar refractivity (Wildman–Crippen MR) is 115 cm³/mol. The molecule has 5 nitrogen and oxygen atoms in total. The maximum Gasteiger partial charge on any atom is 0.311 e. The molecule has 0 spiro atoms. The van der Waals surface area contributed by atoms with Gasteiger partial charge in [-0.05, 0) is 41.8 Å². The number of aromatic nitrogens is 2. The van der Waals surface area contributed by atoms with Crippen molar-refractivity contribution in [3.63, 3.8) is 0 Å². The third kappa shape index (κ3) is 4.75. The lowest BCUT2D eigenvalue weighted by molar-refractivity contribution is -0.148. The smallest absolute Gasteiger partial charge is 0.311 e. The molecule has 0 saturated heterocycles. The highest BCUT2D eigenvalue weighted by Gasteiger charge is 2.19. The number of rotatable bonds is 6. The fraction of sp³-hybridized carbons (Fsp3) is 0.125. The molecule has 0 bridgehead atoms. The van der Waals surface area contributed by atoms with Gasteiger partial charge < -0.3 is 9.15 Å². The van der Waals surface area contributed by atoms with E-state index in [1.807, 2.05) is 60.7 Å². The van der Waals surface area contributed by atoms with Crippen LogP contribution in [0.4, 0.5) is 0 Å². The van der Waals surface area contributed by atoms with E-state index in [2.05, 4.69) is 10.2 Å². The van der Waals surface area contributed by atoms with E-state index in [4.69, 9.17) is 20.8 Å². The van der Waals surface area contributed by atoms with Crippen molar-refractivity contribution in [2.24, 2.45) is 0 Å². The number of ether oxygens (including phenoxy) is 1. The van der Waals surface area contributed by atoms with Crippen LogP contribution in [0.3, 0.4) is 0 Å². The van der Waals surface area contributed by atoms with E-state index in [0.717, 1.165) is 16.7 Å². The van der Waals surface area contributed by atoms with Gasteiger partial charge in [-0.25, -0.2) is 0 Å². The summed E-state index contributed by atoms with van der Waals surface area (Å²) < 4.78 is 11.1. The first-order valence-electron chi connectivity index (χ1n) is 9.51. The molecule has 6 heteroatoms. The zero-order chi connectivity index (χ0) is 20.9. The zero-order valence-electron chi connectivity index (χ0n) is 16.3. The second-order valence-electron chi connectivity index (χ2n) is 6.83. The molecule has 4 aromatic rings. The number of benzene rings is 3. The number of halogens is 1. The van der Waals surface area contributed by atoms with Crippen LogP contribution in [-0.2, 0) is 16.0 Å². The average Bonchev–Trinajstić information content (AvgIpc) is 3.25. The van der Waals surface area contributed by atoms with Gasteiger partial charge in [0.1, 0.15) is 0 Å². The van der Waals surface area contributed by atoms with Gasteiger partial charge in [-0.3, -0.25) is 4.79 Å². The largest absolute Gasteiger partial charge is 0.452 e. The van der Waals surface area contributed by atoms with Gasteiger partial charge in [0.25, 0.3) is 5.89 Å². The summed E-state index contributed by atoms with van der Waals surface area (Å²) in [7, 11) is 0. The summed E-state index contributed by atoms with van der Waals surface area (Å²) in [6.07, 6.45) is -0.490. The fourth-order valence-electron chi connectivity index (χ4n) is 3.04. The molecule has 4 rings (SSSR count). The molecule has 1 atom stereocenters. The minimum absolute atomic E-state index is 0.161. The van der Waals surface area contributed by atoms with Gasteiger partial charge in [-0.2, -0.15) is 0 Å². The Balaban J connectivity index is 1.37. The Labute approximate surface area is 179 Å². The lowest BCUT2D eigenvalue weighted by Crippen LogP contribution is -2.11. The topological polar surface area (TPSA) is 65.2 Å². The molecule has 0 unspecified atom stereocenters. The molecule has 0 fully saturated rings. The summed E-state index contributed by atoms with van der Waals surface area (Å²) in [6, 6.07) is 25.0. The first kappa shape index (κ1) is 19.9. The van der Waals surface area contributed by atoms with Gasteiger partial charge in [0.05, 0.1) is 6.42 Å². The third-order valence-electron chi connectivity index (χ3n) is 4.58. The van der Waals surface area contributed by atoms with Gasteiger partial charge in [0, 0.05) is 10.6 Å². The molecule has 3 aromatic carbocycles. The molecule has 0 amide bonds. The van der Waals surface area contributed by atoms with E-state index in [0.29, 0.717) is 16.5 Å². The number of carbonyl (C=O) groups is 1. The average molecular weight is 419 g/mol. The van der Waals surface area contributed by atoms with Crippen molar-refractivity contribution in [1.29, 1.82) is 0 Å². The Morgan fingerprint density at radius 2 is 1.63 bits per heavy atom. The molecule has 0 aliphatic carbocycles. The molecular formula is C24H19ClN2O3. The third-order valence-corrected chi connectivity index (χ3v) is 4.81. The van der Waals surface area contributed by atoms with Crippen molar-refractivity contribution in [2.75, 3.05) is 0 Å². The molecular weight excluding hydrogens is 400 g/mol. The Hall–Kier alpha value is -3.44. The van der Waals surface area contributed by atoms with Crippen LogP contribution in [-0.4, -0.2) is 16.2 Å². The van der Waals surface area contributed by atoms with Crippen molar-refractivity contribution in [2.45, 2.75) is 19.4 Å². The standard InChI is InChI=1S/C24H19ClN2O3/c1-16(23-26-27-24(30-23)20-8-5-9-21(25)15-20)29-22(28)14-17-10-12-19(13-11-17)18-6-3-2-4-7-18/h2-13,15-16H,14H2,1H3/t16-/m1/s1. The van der Waals surface area contributed by atoms with Gasteiger partial charge >= 0.3 is 5.97 Å². The van der Waals surface area contributed by atoms with Crippen LogP contribution in [0.5, 0.6) is 0 Å². The molecule has 0 aliphatic rings. The van der Waals surface area contributed by atoms with Gasteiger partial charge in [0.2, 0.25) is 5.89 Å². The van der Waals surface area contributed by atoms with Crippen molar-refractivity contribution in [3.8, 4) is 22.6 Å². The maximum atomic E-state index is 12.3. The van der Waals surface area contributed by atoms with Crippen LogP contribution in [0, 0.1) is 0 Å². The zero-order valence-corrected chi connectivity index (χ0v) is 17.0. The minimum atomic E-state index is -0.651. The number of hydrogen-bond donors (Lipinski definition) is 0. The molecule has 1 heterocycles. The molecule has 1 aromatic heterocycles. The van der Waals surface area contributed by atoms with E-state index in [1.54, 1.807) is 25.1 Å². The van der Waals surface area contributed by atoms with E-state index in [-0.39, 0.29) is 18.3 Å². The first-order chi connectivity index (χ1) is 14.6. The maximum absolute atomic E-state index is 12.3. The summed E-state index contributed by atoms with van der Waals surface area (Å²) in [5, 5.41) is 8.58. The van der Waals surface area contributed by atoms with E-state index in [1.165, 1.54) is 0 Å². The number of carbonyl (C=O) groups excluding carboxylic acids is 1. The van der Waals surface area contributed by atoms with Crippen LogP contribution < -0.4 is 0 Å². The molecule has 0 saturated carbocycles. The van der Waals surface area contributed by atoms with Crippen molar-refractivity contribution in [1.82, 2.24) is 10.2 Å². The Morgan fingerprint density at radius 3 is 2.37 bits per heavy atom. The normalized spacial score (nSPS) is 11.8. The lowest BCUT2D eigenvalue weighted by Gasteiger charge is -2.10. The Bertz CT molecular complexity index is 1140. The summed E-state index contributed by atoms with van der Waals surface area (Å²) in [4.78, 5) is 12.3. The molecule has 30 heavy (non-hydrogen) atoms. The Kier molecular flexibility index (Phi) is 5.91. The van der Waals surface area contributed by atoms with Crippen LogP contribution in [0.25, 0.3) is 22.6 Å². The molecule has 0 N–H and O–H groups in total. The highest BCUT2D eigenvalue weighted by atomic mass is 35.5. The summed E-state index contributed by atoms with van der Waals surface area (Å²) in [5.74, 6) is 0.196. The highest BCUT2D eigenvalue weighted by molar-refractivity contribution is 6.30. The molecule has 0 aliphatic heterocycles. The van der Waals surface area contributed by atoms with E-state index >= 15 is 0 Å². The van der Waals surface area contributed by atoms with Crippen LogP contribution in [0.15, 0.2) is 83.3 Å². The van der Waals surface area contributed by atoms with E-state index in [9.17, 15) is 4.79 Å². The van der Waals surface area contributed by atoms with Gasteiger partial charge in [0.15, 0.2) is 6.10 Å². The van der Waals surface area contributed by atoms with Gasteiger partial charge in [-0.1, -0.05) is 72.3 Å². The monoisotopic (exact) mass is 418 g/mol. The van der Waals surface area contributed by atoms with Crippen molar-refractivity contribution >= 4 is 17.6 Å².